The molecule has 1 unspecified atom stereocenters. The van der Waals surface area contributed by atoms with Gasteiger partial charge in [0.1, 0.15) is 0 Å². The highest BCUT2D eigenvalue weighted by Gasteiger charge is 2.74. The van der Waals surface area contributed by atoms with E-state index in [2.05, 4.69) is 11.4 Å². The third-order valence-corrected chi connectivity index (χ3v) is 6.45. The van der Waals surface area contributed by atoms with Crippen LogP contribution in [0.5, 0.6) is 0 Å². The molecule has 3 aliphatic carbocycles. The van der Waals surface area contributed by atoms with Gasteiger partial charge in [0.2, 0.25) is 5.91 Å². The first-order valence-corrected chi connectivity index (χ1v) is 8.03. The molecule has 0 aromatic carbocycles. The van der Waals surface area contributed by atoms with E-state index in [4.69, 9.17) is 0 Å². The number of hydrogen-bond donors (Lipinski definition) is 2. The van der Waals surface area contributed by atoms with Gasteiger partial charge < -0.3 is 10.4 Å². The normalized spacial score (nSPS) is 34.9. The van der Waals surface area contributed by atoms with Crippen LogP contribution < -0.4 is 5.32 Å². The third-order valence-electron chi connectivity index (χ3n) is 5.51. The lowest BCUT2D eigenvalue weighted by Crippen LogP contribution is -2.48. The smallest absolute Gasteiger partial charge is 0.227 e. The molecule has 0 saturated heterocycles. The number of carbonyl (C=O) groups is 1. The number of rotatable bonds is 5. The van der Waals surface area contributed by atoms with Gasteiger partial charge in [-0.05, 0) is 43.0 Å². The van der Waals surface area contributed by atoms with Gasteiger partial charge in [0, 0.05) is 10.3 Å². The number of fused-ring (bicyclic) bond motifs is 1. The minimum atomic E-state index is -0.115. The third kappa shape index (κ3) is 1.62. The predicted molar refractivity (Wildman–Crippen MR) is 73.7 cm³/mol. The van der Waals surface area contributed by atoms with E-state index in [0.717, 1.165) is 32.1 Å². The molecule has 2 N–H and O–H groups in total. The Balaban J connectivity index is 1.58. The molecule has 0 bridgehead atoms. The van der Waals surface area contributed by atoms with Crippen molar-refractivity contribution in [3.05, 3.63) is 22.4 Å². The molecule has 3 aliphatic rings. The van der Waals surface area contributed by atoms with Crippen molar-refractivity contribution in [1.82, 2.24) is 5.32 Å². The van der Waals surface area contributed by atoms with Crippen LogP contribution in [0.1, 0.15) is 43.0 Å². The standard InChI is InChI=1S/C15H19NO2S/c17-9-14(4-2-5-14)12(11-3-1-6-19-11)16-13(18)15-7-10(15)8-15/h1,3,6,10,12,17H,2,4-5,7-9H2,(H,16,18). The molecule has 4 rings (SSSR count). The number of nitrogens with one attached hydrogen (secondary N) is 1. The topological polar surface area (TPSA) is 49.3 Å². The second kappa shape index (κ2) is 3.83. The van der Waals surface area contributed by atoms with E-state index < -0.39 is 0 Å². The van der Waals surface area contributed by atoms with E-state index in [9.17, 15) is 9.90 Å². The van der Waals surface area contributed by atoms with Crippen molar-refractivity contribution in [1.29, 1.82) is 0 Å². The van der Waals surface area contributed by atoms with Gasteiger partial charge in [-0.3, -0.25) is 4.79 Å². The number of hydrogen-bond acceptors (Lipinski definition) is 3. The summed E-state index contributed by atoms with van der Waals surface area (Å²) >= 11 is 1.68. The molecule has 1 aromatic rings. The fourth-order valence-corrected chi connectivity index (χ4v) is 4.41. The fraction of sp³-hybridized carbons (Fsp3) is 0.667. The Labute approximate surface area is 117 Å². The molecule has 1 aromatic heterocycles. The summed E-state index contributed by atoms with van der Waals surface area (Å²) in [6.07, 6.45) is 5.36. The number of amides is 1. The van der Waals surface area contributed by atoms with Crippen molar-refractivity contribution in [2.45, 2.75) is 38.1 Å². The summed E-state index contributed by atoms with van der Waals surface area (Å²) in [4.78, 5) is 13.6. The minimum Gasteiger partial charge on any atom is -0.396 e. The second-order valence-electron chi connectivity index (χ2n) is 6.56. The van der Waals surface area contributed by atoms with Crippen molar-refractivity contribution < 1.29 is 9.90 Å². The summed E-state index contributed by atoms with van der Waals surface area (Å²) in [5.41, 5.74) is -0.105. The Kier molecular flexibility index (Phi) is 2.40. The first-order valence-electron chi connectivity index (χ1n) is 7.15. The van der Waals surface area contributed by atoms with E-state index in [-0.39, 0.29) is 29.4 Å². The molecule has 1 heterocycles. The summed E-state index contributed by atoms with van der Waals surface area (Å²) in [7, 11) is 0. The summed E-state index contributed by atoms with van der Waals surface area (Å²) in [5, 5.41) is 15.1. The van der Waals surface area contributed by atoms with E-state index in [0.29, 0.717) is 5.92 Å². The Hall–Kier alpha value is -0.870. The molecule has 3 fully saturated rings. The molecule has 0 spiro atoms. The minimum absolute atomic E-state index is 0.00924. The highest BCUT2D eigenvalue weighted by atomic mass is 32.1. The molecule has 3 saturated carbocycles. The van der Waals surface area contributed by atoms with Crippen molar-refractivity contribution in [3.8, 4) is 0 Å². The van der Waals surface area contributed by atoms with Crippen LogP contribution in [0, 0.1) is 16.7 Å². The zero-order chi connectivity index (χ0) is 13.1. The van der Waals surface area contributed by atoms with Gasteiger partial charge in [-0.25, -0.2) is 0 Å². The van der Waals surface area contributed by atoms with Gasteiger partial charge in [0.15, 0.2) is 0 Å². The van der Waals surface area contributed by atoms with E-state index >= 15 is 0 Å². The van der Waals surface area contributed by atoms with E-state index in [1.165, 1.54) is 4.88 Å². The first kappa shape index (κ1) is 11.9. The van der Waals surface area contributed by atoms with Crippen LogP contribution in [0.25, 0.3) is 0 Å². The SMILES string of the molecule is O=C(NC(c1cccs1)C1(CO)CCC1)C12CC1C2. The summed E-state index contributed by atoms with van der Waals surface area (Å²) in [5.74, 6) is 0.901. The fourth-order valence-electron chi connectivity index (χ4n) is 3.50. The Bertz CT molecular complexity index is 495. The second-order valence-corrected chi connectivity index (χ2v) is 7.54. The van der Waals surface area contributed by atoms with Gasteiger partial charge in [0.05, 0.1) is 18.1 Å². The maximum atomic E-state index is 12.4. The largest absolute Gasteiger partial charge is 0.396 e. The van der Waals surface area contributed by atoms with Crippen molar-refractivity contribution in [3.63, 3.8) is 0 Å². The van der Waals surface area contributed by atoms with Gasteiger partial charge in [0.25, 0.3) is 0 Å². The average Bonchev–Trinajstić information content (AvgIpc) is 3.13. The molecule has 0 radical (unpaired) electrons. The summed E-state index contributed by atoms with van der Waals surface area (Å²) in [6, 6.07) is 4.12. The number of aliphatic hydroxyl groups excluding tert-OH is 1. The number of thiophene rings is 1. The maximum absolute atomic E-state index is 12.4. The molecular weight excluding hydrogens is 258 g/mol. The van der Waals surface area contributed by atoms with Crippen LogP contribution in [-0.2, 0) is 4.79 Å². The number of carbonyl (C=O) groups excluding carboxylic acids is 1. The molecule has 0 aliphatic heterocycles. The number of aliphatic hydroxyl groups is 1. The van der Waals surface area contributed by atoms with Crippen molar-refractivity contribution in [2.24, 2.45) is 16.7 Å². The van der Waals surface area contributed by atoms with Crippen LogP contribution in [0.2, 0.25) is 0 Å². The predicted octanol–water partition coefficient (Wildman–Crippen LogP) is 2.48. The average molecular weight is 277 g/mol. The van der Waals surface area contributed by atoms with Crippen LogP contribution in [-0.4, -0.2) is 17.6 Å². The van der Waals surface area contributed by atoms with Gasteiger partial charge in [-0.1, -0.05) is 12.5 Å². The molecule has 1 atom stereocenters. The van der Waals surface area contributed by atoms with Crippen LogP contribution in [0.4, 0.5) is 0 Å². The van der Waals surface area contributed by atoms with Crippen molar-refractivity contribution >= 4 is 17.2 Å². The quantitative estimate of drug-likeness (QED) is 0.868. The lowest BCUT2D eigenvalue weighted by molar-refractivity contribution is -0.127. The van der Waals surface area contributed by atoms with E-state index in [1.54, 1.807) is 11.3 Å². The lowest BCUT2D eigenvalue weighted by atomic mass is 9.64. The monoisotopic (exact) mass is 277 g/mol. The Morgan fingerprint density at radius 2 is 2.26 bits per heavy atom. The van der Waals surface area contributed by atoms with Crippen LogP contribution in [0.15, 0.2) is 17.5 Å². The zero-order valence-corrected chi connectivity index (χ0v) is 11.7. The highest BCUT2D eigenvalue weighted by Crippen LogP contribution is 2.75. The van der Waals surface area contributed by atoms with Gasteiger partial charge >= 0.3 is 0 Å². The maximum Gasteiger partial charge on any atom is 0.227 e. The first-order chi connectivity index (χ1) is 9.20. The Morgan fingerprint density at radius 3 is 2.68 bits per heavy atom. The van der Waals surface area contributed by atoms with Crippen molar-refractivity contribution in [2.75, 3.05) is 6.61 Å². The molecule has 4 heteroatoms. The zero-order valence-electron chi connectivity index (χ0n) is 10.9. The van der Waals surface area contributed by atoms with Gasteiger partial charge in [-0.2, -0.15) is 0 Å². The molecular formula is C15H19NO2S. The molecule has 3 nitrogen and oxygen atoms in total. The molecule has 19 heavy (non-hydrogen) atoms. The molecule has 1 amide bonds. The Morgan fingerprint density at radius 1 is 1.53 bits per heavy atom. The van der Waals surface area contributed by atoms with E-state index in [1.807, 2.05) is 11.4 Å². The summed E-state index contributed by atoms with van der Waals surface area (Å²) < 4.78 is 0. The van der Waals surface area contributed by atoms with Gasteiger partial charge in [-0.15, -0.1) is 11.3 Å². The lowest BCUT2D eigenvalue weighted by Gasteiger charge is -2.46. The van der Waals surface area contributed by atoms with Crippen LogP contribution in [0.3, 0.4) is 0 Å². The molecule has 102 valence electrons. The summed E-state index contributed by atoms with van der Waals surface area (Å²) in [6.45, 7) is 0.173. The highest BCUT2D eigenvalue weighted by molar-refractivity contribution is 7.10. The van der Waals surface area contributed by atoms with Crippen LogP contribution >= 0.6 is 11.3 Å².